The molecule has 0 unspecified atom stereocenters. The van der Waals surface area contributed by atoms with Crippen LogP contribution in [0.3, 0.4) is 0 Å². The van der Waals surface area contributed by atoms with Crippen molar-refractivity contribution in [2.45, 2.75) is 13.0 Å². The number of anilines is 1. The number of rotatable bonds is 9. The summed E-state index contributed by atoms with van der Waals surface area (Å²) >= 11 is 0. The van der Waals surface area contributed by atoms with Gasteiger partial charge in [-0.1, -0.05) is 18.2 Å². The third-order valence-corrected chi connectivity index (χ3v) is 2.60. The smallest absolute Gasteiger partial charge is 0.239 e. The minimum absolute atomic E-state index is 0.0247. The Morgan fingerprint density at radius 2 is 2.00 bits per heavy atom. The van der Waals surface area contributed by atoms with Crippen LogP contribution in [0.2, 0.25) is 0 Å². The first-order chi connectivity index (χ1) is 9.27. The zero-order valence-corrected chi connectivity index (χ0v) is 11.6. The van der Waals surface area contributed by atoms with Crippen LogP contribution in [0.4, 0.5) is 5.69 Å². The zero-order valence-electron chi connectivity index (χ0n) is 11.6. The van der Waals surface area contributed by atoms with Crippen molar-refractivity contribution in [1.29, 1.82) is 0 Å². The van der Waals surface area contributed by atoms with Gasteiger partial charge in [-0.3, -0.25) is 4.79 Å². The summed E-state index contributed by atoms with van der Waals surface area (Å²) in [5, 5.41) is 5.94. The lowest BCUT2D eigenvalue weighted by Crippen LogP contribution is -2.31. The number of hydrogen-bond acceptors (Lipinski definition) is 4. The predicted molar refractivity (Wildman–Crippen MR) is 75.1 cm³/mol. The number of hydrogen-bond donors (Lipinski definition) is 2. The fraction of sp³-hybridized carbons (Fsp3) is 0.500. The molecule has 1 amide bonds. The molecule has 0 radical (unpaired) electrons. The maximum absolute atomic E-state index is 11.6. The molecule has 0 atom stereocenters. The Balaban J connectivity index is 2.33. The van der Waals surface area contributed by atoms with Gasteiger partial charge in [-0.25, -0.2) is 0 Å². The third kappa shape index (κ3) is 6.22. The van der Waals surface area contributed by atoms with E-state index in [1.54, 1.807) is 14.2 Å². The van der Waals surface area contributed by atoms with Crippen molar-refractivity contribution in [1.82, 2.24) is 5.32 Å². The second kappa shape index (κ2) is 9.35. The molecule has 1 aromatic rings. The fourth-order valence-corrected chi connectivity index (χ4v) is 1.66. The highest BCUT2D eigenvalue weighted by atomic mass is 16.5. The van der Waals surface area contributed by atoms with Gasteiger partial charge >= 0.3 is 0 Å². The summed E-state index contributed by atoms with van der Waals surface area (Å²) in [6.07, 6.45) is 0.822. The molecule has 0 saturated heterocycles. The summed E-state index contributed by atoms with van der Waals surface area (Å²) in [5.41, 5.74) is 1.97. The quantitative estimate of drug-likeness (QED) is 0.663. The molecule has 0 bridgehead atoms. The summed E-state index contributed by atoms with van der Waals surface area (Å²) in [6, 6.07) is 7.79. The molecule has 1 rings (SSSR count). The number of benzene rings is 1. The van der Waals surface area contributed by atoms with Crippen LogP contribution in [0.5, 0.6) is 0 Å². The molecule has 19 heavy (non-hydrogen) atoms. The Labute approximate surface area is 114 Å². The summed E-state index contributed by atoms with van der Waals surface area (Å²) in [5.74, 6) is -0.0247. The number of ether oxygens (including phenoxy) is 2. The van der Waals surface area contributed by atoms with Crippen LogP contribution in [0, 0.1) is 0 Å². The topological polar surface area (TPSA) is 59.6 Å². The van der Waals surface area contributed by atoms with E-state index < -0.39 is 0 Å². The van der Waals surface area contributed by atoms with Gasteiger partial charge in [0.1, 0.15) is 0 Å². The SMILES string of the molecule is COCCCNC(=O)CNc1ccccc1COC. The number of nitrogens with one attached hydrogen (secondary N) is 2. The van der Waals surface area contributed by atoms with Crippen LogP contribution >= 0.6 is 0 Å². The molecule has 5 heteroatoms. The molecule has 0 aliphatic rings. The van der Waals surface area contributed by atoms with Gasteiger partial charge in [-0.15, -0.1) is 0 Å². The van der Waals surface area contributed by atoms with E-state index >= 15 is 0 Å². The first-order valence-corrected chi connectivity index (χ1v) is 6.34. The van der Waals surface area contributed by atoms with Crippen molar-refractivity contribution < 1.29 is 14.3 Å². The molecule has 0 spiro atoms. The summed E-state index contributed by atoms with van der Waals surface area (Å²) < 4.78 is 10.0. The molecule has 106 valence electrons. The highest BCUT2D eigenvalue weighted by Crippen LogP contribution is 2.15. The first-order valence-electron chi connectivity index (χ1n) is 6.34. The highest BCUT2D eigenvalue weighted by Gasteiger charge is 2.04. The van der Waals surface area contributed by atoms with E-state index in [2.05, 4.69) is 10.6 Å². The minimum atomic E-state index is -0.0247. The van der Waals surface area contributed by atoms with Gasteiger partial charge < -0.3 is 20.1 Å². The number of para-hydroxylation sites is 1. The number of amides is 1. The average Bonchev–Trinajstić information content (AvgIpc) is 2.43. The van der Waals surface area contributed by atoms with Gasteiger partial charge in [-0.2, -0.15) is 0 Å². The van der Waals surface area contributed by atoms with E-state index in [0.717, 1.165) is 17.7 Å². The lowest BCUT2D eigenvalue weighted by atomic mass is 10.2. The summed E-state index contributed by atoms with van der Waals surface area (Å²) in [6.45, 7) is 2.07. The highest BCUT2D eigenvalue weighted by molar-refractivity contribution is 5.80. The molecular formula is C14H22N2O3. The van der Waals surface area contributed by atoms with E-state index in [9.17, 15) is 4.79 Å². The molecule has 0 heterocycles. The van der Waals surface area contributed by atoms with Gasteiger partial charge in [0.2, 0.25) is 5.91 Å². The van der Waals surface area contributed by atoms with Gasteiger partial charge in [0.05, 0.1) is 13.2 Å². The van der Waals surface area contributed by atoms with Gasteiger partial charge in [-0.05, 0) is 12.5 Å². The Morgan fingerprint density at radius 1 is 1.21 bits per heavy atom. The maximum atomic E-state index is 11.6. The van der Waals surface area contributed by atoms with Crippen LogP contribution in [0.1, 0.15) is 12.0 Å². The largest absolute Gasteiger partial charge is 0.385 e. The van der Waals surface area contributed by atoms with Crippen molar-refractivity contribution in [2.75, 3.05) is 39.2 Å². The lowest BCUT2D eigenvalue weighted by Gasteiger charge is -2.11. The third-order valence-electron chi connectivity index (χ3n) is 2.60. The van der Waals surface area contributed by atoms with Crippen molar-refractivity contribution in [3.63, 3.8) is 0 Å². The minimum Gasteiger partial charge on any atom is -0.385 e. The monoisotopic (exact) mass is 266 g/mol. The lowest BCUT2D eigenvalue weighted by molar-refractivity contribution is -0.119. The Hall–Kier alpha value is -1.59. The van der Waals surface area contributed by atoms with E-state index in [0.29, 0.717) is 19.8 Å². The Morgan fingerprint density at radius 3 is 2.74 bits per heavy atom. The molecule has 0 aromatic heterocycles. The molecule has 0 fully saturated rings. The van der Waals surface area contributed by atoms with Gasteiger partial charge in [0.25, 0.3) is 0 Å². The zero-order chi connectivity index (χ0) is 13.9. The average molecular weight is 266 g/mol. The molecule has 1 aromatic carbocycles. The van der Waals surface area contributed by atoms with E-state index in [1.807, 2.05) is 24.3 Å². The van der Waals surface area contributed by atoms with E-state index in [1.165, 1.54) is 0 Å². The second-order valence-electron chi connectivity index (χ2n) is 4.14. The standard InChI is InChI=1S/C14H22N2O3/c1-18-9-5-8-15-14(17)10-16-13-7-4-3-6-12(13)11-19-2/h3-4,6-7,16H,5,8-11H2,1-2H3,(H,15,17). The Bertz CT molecular complexity index is 383. The van der Waals surface area contributed by atoms with Crippen LogP contribution in [0.15, 0.2) is 24.3 Å². The van der Waals surface area contributed by atoms with E-state index in [-0.39, 0.29) is 12.5 Å². The van der Waals surface area contributed by atoms with Crippen molar-refractivity contribution in [3.05, 3.63) is 29.8 Å². The van der Waals surface area contributed by atoms with E-state index in [4.69, 9.17) is 9.47 Å². The molecule has 2 N–H and O–H groups in total. The van der Waals surface area contributed by atoms with Crippen molar-refractivity contribution >= 4 is 11.6 Å². The van der Waals surface area contributed by atoms with Crippen molar-refractivity contribution in [3.8, 4) is 0 Å². The normalized spacial score (nSPS) is 10.2. The van der Waals surface area contributed by atoms with Crippen molar-refractivity contribution in [2.24, 2.45) is 0 Å². The summed E-state index contributed by atoms with van der Waals surface area (Å²) in [4.78, 5) is 11.6. The molecule has 5 nitrogen and oxygen atoms in total. The number of carbonyl (C=O) groups is 1. The summed E-state index contributed by atoms with van der Waals surface area (Å²) in [7, 11) is 3.30. The Kier molecular flexibility index (Phi) is 7.62. The maximum Gasteiger partial charge on any atom is 0.239 e. The first kappa shape index (κ1) is 15.5. The van der Waals surface area contributed by atoms with Crippen LogP contribution in [-0.4, -0.2) is 39.8 Å². The molecular weight excluding hydrogens is 244 g/mol. The van der Waals surface area contributed by atoms with Crippen LogP contribution in [0.25, 0.3) is 0 Å². The van der Waals surface area contributed by atoms with Gasteiger partial charge in [0.15, 0.2) is 0 Å². The molecule has 0 aliphatic carbocycles. The fourth-order valence-electron chi connectivity index (χ4n) is 1.66. The number of methoxy groups -OCH3 is 2. The molecule has 0 saturated carbocycles. The van der Waals surface area contributed by atoms with Gasteiger partial charge in [0, 0.05) is 38.6 Å². The van der Waals surface area contributed by atoms with Crippen LogP contribution < -0.4 is 10.6 Å². The van der Waals surface area contributed by atoms with Crippen LogP contribution in [-0.2, 0) is 20.9 Å². The second-order valence-corrected chi connectivity index (χ2v) is 4.14. The number of carbonyl (C=O) groups excluding carboxylic acids is 1. The molecule has 0 aliphatic heterocycles. The predicted octanol–water partition coefficient (Wildman–Crippen LogP) is 1.40.